The lowest BCUT2D eigenvalue weighted by Crippen LogP contribution is -2.63. The van der Waals surface area contributed by atoms with E-state index in [0.29, 0.717) is 19.4 Å². The molecule has 25 heavy (non-hydrogen) atoms. The maximum Gasteiger partial charge on any atom is 0.223 e. The van der Waals surface area contributed by atoms with E-state index in [4.69, 9.17) is 0 Å². The molecule has 0 aliphatic carbocycles. The van der Waals surface area contributed by atoms with Crippen molar-refractivity contribution in [1.29, 1.82) is 0 Å². The van der Waals surface area contributed by atoms with E-state index in [2.05, 4.69) is 5.32 Å². The first-order chi connectivity index (χ1) is 11.5. The summed E-state index contributed by atoms with van der Waals surface area (Å²) in [5.74, 6) is -0.163. The molecule has 2 rings (SSSR count). The van der Waals surface area contributed by atoms with Crippen molar-refractivity contribution in [2.75, 3.05) is 6.54 Å². The van der Waals surface area contributed by atoms with Crippen LogP contribution in [0.25, 0.3) is 0 Å². The van der Waals surface area contributed by atoms with Crippen molar-refractivity contribution in [2.45, 2.75) is 65.1 Å². The number of aliphatic hydroxyl groups is 1. The van der Waals surface area contributed by atoms with E-state index in [-0.39, 0.29) is 23.3 Å². The number of carbonyl (C=O) groups is 2. The maximum atomic E-state index is 13.0. The first-order valence-electron chi connectivity index (χ1n) is 8.85. The standard InChI is InChI=1S/C20H30N2O3/c1-14(23)21-18-17(15-9-7-6-8-10-15)22(12-11-20(18,5)25)16(24)13-19(2,3)4/h6-10,17-18,25H,11-13H2,1-5H3,(H,21,23). The number of likely N-dealkylation sites (tertiary alicyclic amines) is 1. The van der Waals surface area contributed by atoms with E-state index in [1.165, 1.54) is 6.92 Å². The van der Waals surface area contributed by atoms with Gasteiger partial charge in [-0.1, -0.05) is 51.1 Å². The fraction of sp³-hybridized carbons (Fsp3) is 0.600. The van der Waals surface area contributed by atoms with Gasteiger partial charge in [0.1, 0.15) is 0 Å². The first-order valence-corrected chi connectivity index (χ1v) is 8.85. The summed E-state index contributed by atoms with van der Waals surface area (Å²) < 4.78 is 0. The summed E-state index contributed by atoms with van der Waals surface area (Å²) in [4.78, 5) is 26.5. The van der Waals surface area contributed by atoms with E-state index in [1.54, 1.807) is 6.92 Å². The number of piperidine rings is 1. The van der Waals surface area contributed by atoms with Crippen molar-refractivity contribution in [2.24, 2.45) is 5.41 Å². The van der Waals surface area contributed by atoms with Crippen LogP contribution in [0.1, 0.15) is 59.1 Å². The second-order valence-electron chi connectivity index (χ2n) is 8.47. The van der Waals surface area contributed by atoms with Gasteiger partial charge in [0.05, 0.1) is 17.7 Å². The summed E-state index contributed by atoms with van der Waals surface area (Å²) in [6, 6.07) is 8.69. The highest BCUT2D eigenvalue weighted by atomic mass is 16.3. The highest BCUT2D eigenvalue weighted by Crippen LogP contribution is 2.38. The third-order valence-electron chi connectivity index (χ3n) is 4.68. The minimum absolute atomic E-state index is 0.0483. The Morgan fingerprint density at radius 1 is 1.28 bits per heavy atom. The summed E-state index contributed by atoms with van der Waals surface area (Å²) in [5, 5.41) is 13.8. The average Bonchev–Trinajstić information content (AvgIpc) is 2.47. The Labute approximate surface area is 150 Å². The van der Waals surface area contributed by atoms with Crippen LogP contribution < -0.4 is 5.32 Å². The molecule has 0 spiro atoms. The lowest BCUT2D eigenvalue weighted by molar-refractivity contribution is -0.147. The van der Waals surface area contributed by atoms with Crippen LogP contribution in [0.4, 0.5) is 0 Å². The van der Waals surface area contributed by atoms with Gasteiger partial charge in [-0.2, -0.15) is 0 Å². The summed E-state index contributed by atoms with van der Waals surface area (Å²) >= 11 is 0. The molecule has 0 bridgehead atoms. The molecule has 5 nitrogen and oxygen atoms in total. The van der Waals surface area contributed by atoms with Gasteiger partial charge in [-0.25, -0.2) is 0 Å². The molecular weight excluding hydrogens is 316 g/mol. The summed E-state index contributed by atoms with van der Waals surface area (Å²) in [6.45, 7) is 9.75. The van der Waals surface area contributed by atoms with Gasteiger partial charge in [0.15, 0.2) is 0 Å². The zero-order chi connectivity index (χ0) is 18.8. The molecule has 0 saturated carbocycles. The molecule has 0 radical (unpaired) electrons. The van der Waals surface area contributed by atoms with Crippen molar-refractivity contribution < 1.29 is 14.7 Å². The van der Waals surface area contributed by atoms with Gasteiger partial charge in [-0.15, -0.1) is 0 Å². The Hall–Kier alpha value is -1.88. The lowest BCUT2D eigenvalue weighted by atomic mass is 9.79. The van der Waals surface area contributed by atoms with Crippen molar-refractivity contribution in [3.05, 3.63) is 35.9 Å². The van der Waals surface area contributed by atoms with Crippen LogP contribution in [-0.2, 0) is 9.59 Å². The molecule has 5 heteroatoms. The fourth-order valence-electron chi connectivity index (χ4n) is 3.47. The molecule has 138 valence electrons. The summed E-state index contributed by atoms with van der Waals surface area (Å²) in [5.41, 5.74) is -0.282. The molecule has 2 N–H and O–H groups in total. The van der Waals surface area contributed by atoms with E-state index in [9.17, 15) is 14.7 Å². The quantitative estimate of drug-likeness (QED) is 0.884. The average molecular weight is 346 g/mol. The molecule has 3 unspecified atom stereocenters. The van der Waals surface area contributed by atoms with Gasteiger partial charge in [0.2, 0.25) is 11.8 Å². The Bertz CT molecular complexity index is 620. The normalized spacial score (nSPS) is 27.0. The number of nitrogens with one attached hydrogen (secondary N) is 1. The molecule has 0 aromatic heterocycles. The first kappa shape index (κ1) is 19.4. The maximum absolute atomic E-state index is 13.0. The Kier molecular flexibility index (Phi) is 5.57. The highest BCUT2D eigenvalue weighted by Gasteiger charge is 2.47. The van der Waals surface area contributed by atoms with Gasteiger partial charge in [-0.3, -0.25) is 9.59 Å². The number of carbonyl (C=O) groups excluding carboxylic acids is 2. The van der Waals surface area contributed by atoms with Crippen LogP contribution >= 0.6 is 0 Å². The summed E-state index contributed by atoms with van der Waals surface area (Å²) in [6.07, 6.45) is 0.850. The Balaban J connectivity index is 2.44. The highest BCUT2D eigenvalue weighted by molar-refractivity contribution is 5.78. The van der Waals surface area contributed by atoms with Crippen LogP contribution in [-0.4, -0.2) is 40.0 Å². The predicted octanol–water partition coefficient (Wildman–Crippen LogP) is 2.65. The zero-order valence-corrected chi connectivity index (χ0v) is 15.9. The number of nitrogens with zero attached hydrogens (tertiary/aromatic N) is 1. The largest absolute Gasteiger partial charge is 0.388 e. The third-order valence-corrected chi connectivity index (χ3v) is 4.68. The third kappa shape index (κ3) is 4.82. The number of rotatable bonds is 3. The Morgan fingerprint density at radius 3 is 2.40 bits per heavy atom. The molecule has 1 aliphatic heterocycles. The van der Waals surface area contributed by atoms with Gasteiger partial charge in [-0.05, 0) is 24.3 Å². The fourth-order valence-corrected chi connectivity index (χ4v) is 3.47. The van der Waals surface area contributed by atoms with Gasteiger partial charge in [0, 0.05) is 19.9 Å². The molecule has 1 saturated heterocycles. The second kappa shape index (κ2) is 7.16. The molecule has 1 fully saturated rings. The van der Waals surface area contributed by atoms with E-state index in [0.717, 1.165) is 5.56 Å². The molecule has 1 aliphatic rings. The number of amides is 2. The van der Waals surface area contributed by atoms with E-state index >= 15 is 0 Å². The summed E-state index contributed by atoms with van der Waals surface area (Å²) in [7, 11) is 0. The van der Waals surface area contributed by atoms with Crippen LogP contribution in [0, 0.1) is 5.41 Å². The molecule has 1 aromatic carbocycles. The van der Waals surface area contributed by atoms with Gasteiger partial charge in [0.25, 0.3) is 0 Å². The lowest BCUT2D eigenvalue weighted by Gasteiger charge is -2.49. The van der Waals surface area contributed by atoms with Crippen molar-refractivity contribution in [3.8, 4) is 0 Å². The topological polar surface area (TPSA) is 69.6 Å². The van der Waals surface area contributed by atoms with Crippen molar-refractivity contribution >= 4 is 11.8 Å². The molecule has 2 amide bonds. The minimum Gasteiger partial charge on any atom is -0.388 e. The van der Waals surface area contributed by atoms with Crippen molar-refractivity contribution in [3.63, 3.8) is 0 Å². The smallest absolute Gasteiger partial charge is 0.223 e. The number of hydrogen-bond acceptors (Lipinski definition) is 3. The second-order valence-corrected chi connectivity index (χ2v) is 8.47. The van der Waals surface area contributed by atoms with Crippen LogP contribution in [0.15, 0.2) is 30.3 Å². The zero-order valence-electron chi connectivity index (χ0n) is 15.9. The van der Waals surface area contributed by atoms with Crippen molar-refractivity contribution in [1.82, 2.24) is 10.2 Å². The number of hydrogen-bond donors (Lipinski definition) is 2. The molecule has 1 aromatic rings. The van der Waals surface area contributed by atoms with E-state index < -0.39 is 11.6 Å². The molecular formula is C20H30N2O3. The SMILES string of the molecule is CC(=O)NC1C(c2ccccc2)N(C(=O)CC(C)(C)C)CCC1(C)O. The van der Waals surface area contributed by atoms with Crippen LogP contribution in [0.2, 0.25) is 0 Å². The molecule has 1 heterocycles. The predicted molar refractivity (Wildman–Crippen MR) is 97.8 cm³/mol. The van der Waals surface area contributed by atoms with Crippen LogP contribution in [0.5, 0.6) is 0 Å². The minimum atomic E-state index is -1.08. The van der Waals surface area contributed by atoms with Crippen LogP contribution in [0.3, 0.4) is 0 Å². The van der Waals surface area contributed by atoms with Gasteiger partial charge < -0.3 is 15.3 Å². The van der Waals surface area contributed by atoms with Gasteiger partial charge >= 0.3 is 0 Å². The number of benzene rings is 1. The monoisotopic (exact) mass is 346 g/mol. The Morgan fingerprint density at radius 2 is 1.88 bits per heavy atom. The van der Waals surface area contributed by atoms with E-state index in [1.807, 2.05) is 56.0 Å². The molecule has 3 atom stereocenters.